The average molecular weight is 436 g/mol. The fraction of sp³-hybridized carbons (Fsp3) is 0.211. The molecule has 0 aliphatic carbocycles. The molecule has 3 N–H and O–H groups in total. The molecule has 2 heterocycles. The highest BCUT2D eigenvalue weighted by molar-refractivity contribution is 7.98. The van der Waals surface area contributed by atoms with E-state index in [1.807, 2.05) is 13.2 Å². The number of nitrogens with zero attached hydrogens (tertiary/aromatic N) is 2. The average Bonchev–Trinajstić information content (AvgIpc) is 3.24. The number of pyridine rings is 1. The molecule has 30 heavy (non-hydrogen) atoms. The summed E-state index contributed by atoms with van der Waals surface area (Å²) in [5.41, 5.74) is 5.99. The second-order valence-corrected chi connectivity index (χ2v) is 7.19. The predicted octanol–water partition coefficient (Wildman–Crippen LogP) is 4.43. The maximum atomic E-state index is 14.5. The van der Waals surface area contributed by atoms with E-state index >= 15 is 0 Å². The first-order chi connectivity index (χ1) is 14.4. The van der Waals surface area contributed by atoms with Gasteiger partial charge >= 0.3 is 12.2 Å². The van der Waals surface area contributed by atoms with Gasteiger partial charge in [-0.3, -0.25) is 0 Å². The van der Waals surface area contributed by atoms with Gasteiger partial charge in [0.05, 0.1) is 6.20 Å². The van der Waals surface area contributed by atoms with Crippen molar-refractivity contribution in [1.29, 1.82) is 0 Å². The summed E-state index contributed by atoms with van der Waals surface area (Å²) < 4.78 is 44.0. The molecule has 11 heteroatoms. The van der Waals surface area contributed by atoms with E-state index in [-0.39, 0.29) is 40.8 Å². The number of halogens is 2. The lowest BCUT2D eigenvalue weighted by Crippen LogP contribution is -2.27. The van der Waals surface area contributed by atoms with Crippen molar-refractivity contribution in [3.63, 3.8) is 0 Å². The van der Waals surface area contributed by atoms with Crippen LogP contribution in [-0.2, 0) is 6.54 Å². The summed E-state index contributed by atoms with van der Waals surface area (Å²) >= 11 is 1.43. The number of hydrogen-bond donors (Lipinski definition) is 2. The molecule has 0 saturated heterocycles. The third-order valence-corrected chi connectivity index (χ3v) is 5.05. The van der Waals surface area contributed by atoms with E-state index in [0.717, 1.165) is 0 Å². The van der Waals surface area contributed by atoms with Gasteiger partial charge in [0.25, 0.3) is 0 Å². The smallest absolute Gasteiger partial charge is 0.412 e. The summed E-state index contributed by atoms with van der Waals surface area (Å²) in [6.45, 7) is 1.65. The molecule has 1 atom stereocenters. The summed E-state index contributed by atoms with van der Waals surface area (Å²) in [5.74, 6) is -1.83. The van der Waals surface area contributed by atoms with E-state index in [1.54, 1.807) is 0 Å². The van der Waals surface area contributed by atoms with Crippen LogP contribution >= 0.6 is 11.8 Å². The Kier molecular flexibility index (Phi) is 6.72. The van der Waals surface area contributed by atoms with Gasteiger partial charge in [-0.05, 0) is 25.3 Å². The predicted molar refractivity (Wildman–Crippen MR) is 106 cm³/mol. The Morgan fingerprint density at radius 1 is 1.30 bits per heavy atom. The van der Waals surface area contributed by atoms with E-state index in [1.165, 1.54) is 48.6 Å². The van der Waals surface area contributed by atoms with Gasteiger partial charge in [0.2, 0.25) is 0 Å². The molecular weight excluding hydrogens is 418 g/mol. The standard InChI is InChI=1S/C19H18F2N4O4S/c1-10(30-2)12-7-13(20)15(29-19-24-5-6-27-19)8-14(12)28-18(26)25-9-11-3-4-23-17(22)16(11)21/h3-8,10H,9H2,1-2H3,(H2,22,23)(H,25,26). The Hall–Kier alpha value is -3.34. The van der Waals surface area contributed by atoms with Gasteiger partial charge < -0.3 is 24.9 Å². The number of carbonyl (C=O) groups excluding carboxylic acids is 1. The molecule has 0 radical (unpaired) electrons. The lowest BCUT2D eigenvalue weighted by molar-refractivity contribution is 0.199. The Morgan fingerprint density at radius 2 is 2.10 bits per heavy atom. The normalized spacial score (nSPS) is 11.7. The van der Waals surface area contributed by atoms with Crippen LogP contribution in [0.5, 0.6) is 17.6 Å². The number of nitrogen functional groups attached to an aromatic ring is 1. The molecule has 0 spiro atoms. The van der Waals surface area contributed by atoms with Crippen molar-refractivity contribution < 1.29 is 27.5 Å². The van der Waals surface area contributed by atoms with Crippen LogP contribution in [-0.4, -0.2) is 22.3 Å². The Balaban J connectivity index is 1.79. The molecule has 1 aromatic carbocycles. The molecule has 0 saturated carbocycles. The topological polar surface area (TPSA) is 112 Å². The monoisotopic (exact) mass is 436 g/mol. The number of nitrogens with two attached hydrogens (primary N) is 1. The minimum absolute atomic E-state index is 0.0759. The number of aromatic nitrogens is 2. The molecule has 1 unspecified atom stereocenters. The van der Waals surface area contributed by atoms with Crippen molar-refractivity contribution in [2.45, 2.75) is 18.7 Å². The van der Waals surface area contributed by atoms with Gasteiger partial charge in [0, 0.05) is 35.2 Å². The summed E-state index contributed by atoms with van der Waals surface area (Å²) in [6, 6.07) is 3.82. The Morgan fingerprint density at radius 3 is 2.80 bits per heavy atom. The van der Waals surface area contributed by atoms with Gasteiger partial charge in [-0.25, -0.2) is 18.6 Å². The summed E-state index contributed by atoms with van der Waals surface area (Å²) in [7, 11) is 0. The maximum absolute atomic E-state index is 14.5. The molecule has 3 aromatic rings. The molecule has 2 aromatic heterocycles. The molecule has 0 aliphatic heterocycles. The summed E-state index contributed by atoms with van der Waals surface area (Å²) in [5, 5.41) is 2.24. The fourth-order valence-electron chi connectivity index (χ4n) is 2.46. The van der Waals surface area contributed by atoms with Crippen molar-refractivity contribution in [1.82, 2.24) is 15.3 Å². The van der Waals surface area contributed by atoms with Gasteiger partial charge in [-0.15, -0.1) is 0 Å². The van der Waals surface area contributed by atoms with Gasteiger partial charge in [-0.2, -0.15) is 16.7 Å². The SMILES string of the molecule is CSC(C)c1cc(F)c(Oc2ncco2)cc1OC(=O)NCc1ccnc(N)c1F. The molecule has 158 valence electrons. The number of anilines is 1. The van der Waals surface area contributed by atoms with Crippen LogP contribution in [0.4, 0.5) is 19.4 Å². The van der Waals surface area contributed by atoms with E-state index in [4.69, 9.17) is 19.6 Å². The van der Waals surface area contributed by atoms with E-state index in [0.29, 0.717) is 5.56 Å². The van der Waals surface area contributed by atoms with E-state index < -0.39 is 17.7 Å². The number of ether oxygens (including phenoxy) is 2. The Bertz CT molecular complexity index is 1030. The van der Waals surface area contributed by atoms with Crippen LogP contribution in [0.1, 0.15) is 23.3 Å². The van der Waals surface area contributed by atoms with Crippen molar-refractivity contribution in [2.24, 2.45) is 0 Å². The summed E-state index contributed by atoms with van der Waals surface area (Å²) in [4.78, 5) is 19.7. The summed E-state index contributed by atoms with van der Waals surface area (Å²) in [6.07, 6.45) is 4.74. The lowest BCUT2D eigenvalue weighted by Gasteiger charge is -2.16. The number of rotatable bonds is 7. The van der Waals surface area contributed by atoms with Crippen LogP contribution in [0, 0.1) is 11.6 Å². The number of hydrogen-bond acceptors (Lipinski definition) is 8. The molecular formula is C19H18F2N4O4S. The molecule has 3 rings (SSSR count). The molecule has 8 nitrogen and oxygen atoms in total. The first-order valence-corrected chi connectivity index (χ1v) is 9.96. The van der Waals surface area contributed by atoms with Crippen molar-refractivity contribution >= 4 is 23.7 Å². The van der Waals surface area contributed by atoms with Crippen molar-refractivity contribution in [3.8, 4) is 17.6 Å². The van der Waals surface area contributed by atoms with Crippen molar-refractivity contribution in [3.05, 3.63) is 59.6 Å². The number of carbonyl (C=O) groups is 1. The largest absolute Gasteiger partial charge is 0.417 e. The number of amides is 1. The van der Waals surface area contributed by atoms with Crippen molar-refractivity contribution in [2.75, 3.05) is 12.0 Å². The molecule has 0 aliphatic rings. The number of benzene rings is 1. The molecule has 1 amide bonds. The lowest BCUT2D eigenvalue weighted by atomic mass is 10.1. The highest BCUT2D eigenvalue weighted by Gasteiger charge is 2.20. The maximum Gasteiger partial charge on any atom is 0.412 e. The zero-order chi connectivity index (χ0) is 21.7. The second-order valence-electron chi connectivity index (χ2n) is 6.01. The first kappa shape index (κ1) is 21.4. The minimum atomic E-state index is -0.868. The highest BCUT2D eigenvalue weighted by Crippen LogP contribution is 2.38. The quantitative estimate of drug-likeness (QED) is 0.559. The number of thioether (sulfide) groups is 1. The van der Waals surface area contributed by atoms with Gasteiger partial charge in [0.15, 0.2) is 23.2 Å². The second kappa shape index (κ2) is 9.44. The first-order valence-electron chi connectivity index (χ1n) is 8.67. The number of oxazole rings is 1. The van der Waals surface area contributed by atoms with Crippen LogP contribution < -0.4 is 20.5 Å². The Labute approximate surface area is 174 Å². The van der Waals surface area contributed by atoms with E-state index in [2.05, 4.69) is 15.3 Å². The minimum Gasteiger partial charge on any atom is -0.417 e. The van der Waals surface area contributed by atoms with Crippen LogP contribution in [0.25, 0.3) is 0 Å². The third-order valence-electron chi connectivity index (χ3n) is 4.08. The third kappa shape index (κ3) is 4.98. The van der Waals surface area contributed by atoms with Gasteiger partial charge in [0.1, 0.15) is 12.0 Å². The zero-order valence-corrected chi connectivity index (χ0v) is 16.8. The van der Waals surface area contributed by atoms with Crippen LogP contribution in [0.15, 0.2) is 41.3 Å². The molecule has 0 fully saturated rings. The zero-order valence-electron chi connectivity index (χ0n) is 16.0. The molecule has 0 bridgehead atoms. The van der Waals surface area contributed by atoms with Crippen LogP contribution in [0.3, 0.4) is 0 Å². The fourth-order valence-corrected chi connectivity index (χ4v) is 2.90. The highest BCUT2D eigenvalue weighted by atomic mass is 32.2. The van der Waals surface area contributed by atoms with Gasteiger partial charge in [-0.1, -0.05) is 0 Å². The number of nitrogens with one attached hydrogen (secondary N) is 1. The van der Waals surface area contributed by atoms with Crippen LogP contribution in [0.2, 0.25) is 0 Å². The van der Waals surface area contributed by atoms with E-state index in [9.17, 15) is 13.6 Å².